The number of carbonyl (C=O) groups excluding carboxylic acids is 1. The minimum atomic E-state index is -1.33. The highest BCUT2D eigenvalue weighted by Crippen LogP contribution is 2.29. The maximum absolute atomic E-state index is 14.1. The van der Waals surface area contributed by atoms with Gasteiger partial charge in [-0.2, -0.15) is 0 Å². The van der Waals surface area contributed by atoms with Gasteiger partial charge in [-0.3, -0.25) is 14.0 Å². The molecule has 1 aromatic carbocycles. The van der Waals surface area contributed by atoms with Gasteiger partial charge in [0.25, 0.3) is 5.56 Å². The van der Waals surface area contributed by atoms with Gasteiger partial charge in [0.2, 0.25) is 5.91 Å². The summed E-state index contributed by atoms with van der Waals surface area (Å²) in [4.78, 5) is 31.4. The Morgan fingerprint density at radius 2 is 2.03 bits per heavy atom. The van der Waals surface area contributed by atoms with Gasteiger partial charge in [-0.15, -0.1) is 0 Å². The van der Waals surface area contributed by atoms with Gasteiger partial charge >= 0.3 is 0 Å². The number of halogens is 3. The van der Waals surface area contributed by atoms with Crippen LogP contribution in [0.25, 0.3) is 16.8 Å². The summed E-state index contributed by atoms with van der Waals surface area (Å²) >= 11 is 5.88. The largest absolute Gasteiger partial charge is 0.335 e. The van der Waals surface area contributed by atoms with Crippen LogP contribution in [-0.4, -0.2) is 43.5 Å². The molecule has 0 aliphatic carbocycles. The van der Waals surface area contributed by atoms with Crippen LogP contribution in [0.5, 0.6) is 0 Å². The van der Waals surface area contributed by atoms with Gasteiger partial charge in [-0.1, -0.05) is 18.5 Å². The van der Waals surface area contributed by atoms with E-state index in [1.807, 2.05) is 0 Å². The average Bonchev–Trinajstić information content (AvgIpc) is 3.01. The zero-order valence-corrected chi connectivity index (χ0v) is 16.7. The number of imidazole rings is 1. The van der Waals surface area contributed by atoms with E-state index in [0.717, 1.165) is 0 Å². The Morgan fingerprint density at radius 1 is 1.31 bits per heavy atom. The molecule has 3 aromatic rings. The number of aromatic nitrogens is 3. The van der Waals surface area contributed by atoms with E-state index >= 15 is 0 Å². The Bertz CT molecular complexity index is 1180. The molecule has 0 radical (unpaired) electrons. The maximum Gasteiger partial charge on any atom is 0.277 e. The number of likely N-dealkylation sites (tertiary alicyclic amines) is 1. The molecule has 9 heteroatoms. The molecule has 3 heterocycles. The third-order valence-electron chi connectivity index (χ3n) is 5.38. The Hall–Kier alpha value is -2.74. The number of hydrogen-bond acceptors (Lipinski definition) is 3. The highest BCUT2D eigenvalue weighted by molar-refractivity contribution is 6.31. The number of nitrogens with zero attached hydrogens (tertiary/aromatic N) is 4. The molecule has 0 N–H and O–H groups in total. The Morgan fingerprint density at radius 3 is 2.69 bits per heavy atom. The van der Waals surface area contributed by atoms with Crippen LogP contribution >= 0.6 is 11.6 Å². The van der Waals surface area contributed by atoms with Crippen molar-refractivity contribution in [2.75, 3.05) is 13.1 Å². The molecule has 1 aliphatic rings. The summed E-state index contributed by atoms with van der Waals surface area (Å²) in [6.45, 7) is 3.38. The molecule has 0 bridgehead atoms. The van der Waals surface area contributed by atoms with Crippen LogP contribution in [0.2, 0.25) is 5.02 Å². The highest BCUT2D eigenvalue weighted by Gasteiger charge is 2.44. The second-order valence-electron chi connectivity index (χ2n) is 7.34. The first-order chi connectivity index (χ1) is 13.7. The number of alkyl halides is 1. The van der Waals surface area contributed by atoms with Crippen LogP contribution in [-0.2, 0) is 11.3 Å². The Labute approximate surface area is 170 Å². The highest BCUT2D eigenvalue weighted by atomic mass is 35.5. The lowest BCUT2D eigenvalue weighted by Crippen LogP contribution is -2.61. The molecule has 29 heavy (non-hydrogen) atoms. The maximum atomic E-state index is 14.1. The summed E-state index contributed by atoms with van der Waals surface area (Å²) in [6.07, 6.45) is 3.50. The molecule has 0 atom stereocenters. The third-order valence-corrected chi connectivity index (χ3v) is 5.67. The zero-order valence-electron chi connectivity index (χ0n) is 16.0. The van der Waals surface area contributed by atoms with Crippen molar-refractivity contribution in [3.8, 4) is 11.3 Å². The monoisotopic (exact) mass is 420 g/mol. The van der Waals surface area contributed by atoms with E-state index in [1.54, 1.807) is 24.4 Å². The van der Waals surface area contributed by atoms with Crippen LogP contribution in [0.3, 0.4) is 0 Å². The van der Waals surface area contributed by atoms with Crippen molar-refractivity contribution in [3.63, 3.8) is 0 Å². The van der Waals surface area contributed by atoms with Crippen LogP contribution < -0.4 is 5.56 Å². The molecule has 152 valence electrons. The smallest absolute Gasteiger partial charge is 0.277 e. The summed E-state index contributed by atoms with van der Waals surface area (Å²) in [6, 6.07) is 4.12. The molecule has 0 unspecified atom stereocenters. The first-order valence-electron chi connectivity index (χ1n) is 9.22. The summed E-state index contributed by atoms with van der Waals surface area (Å²) in [5.41, 5.74) is -0.635. The van der Waals surface area contributed by atoms with Crippen molar-refractivity contribution in [2.45, 2.75) is 32.5 Å². The number of fused-ring (bicyclic) bond motifs is 1. The van der Waals surface area contributed by atoms with Crippen molar-refractivity contribution in [3.05, 3.63) is 57.6 Å². The molecule has 0 saturated carbocycles. The lowest BCUT2D eigenvalue weighted by atomic mass is 9.93. The quantitative estimate of drug-likeness (QED) is 0.651. The number of rotatable bonds is 4. The SMILES string of the molecule is CCC1(F)CN(C(=O)Cn2ccn3c(C)nc(-c4ccc(F)c(Cl)c4)c3c2=O)C1. The van der Waals surface area contributed by atoms with Crippen LogP contribution in [0, 0.1) is 12.7 Å². The number of aryl methyl sites for hydroxylation is 1. The van der Waals surface area contributed by atoms with E-state index in [9.17, 15) is 18.4 Å². The number of amides is 1. The molecule has 2 aromatic heterocycles. The van der Waals surface area contributed by atoms with Crippen molar-refractivity contribution < 1.29 is 13.6 Å². The van der Waals surface area contributed by atoms with Crippen molar-refractivity contribution in [1.82, 2.24) is 18.9 Å². The summed E-state index contributed by atoms with van der Waals surface area (Å²) in [7, 11) is 0. The Balaban J connectivity index is 1.71. The van der Waals surface area contributed by atoms with Crippen LogP contribution in [0.15, 0.2) is 35.4 Å². The molecular formula is C20H19ClF2N4O2. The predicted molar refractivity (Wildman–Crippen MR) is 105 cm³/mol. The average molecular weight is 421 g/mol. The first-order valence-corrected chi connectivity index (χ1v) is 9.60. The second kappa shape index (κ2) is 6.95. The summed E-state index contributed by atoms with van der Waals surface area (Å²) in [5.74, 6) is -0.316. The second-order valence-corrected chi connectivity index (χ2v) is 7.75. The standard InChI is InChI=1S/C20H19ClF2N4O2/c1-3-20(23)10-26(11-20)16(28)9-25-6-7-27-12(2)24-17(18(27)19(25)29)13-4-5-15(22)14(21)8-13/h4-8H,3,9-11H2,1-2H3. The predicted octanol–water partition coefficient (Wildman–Crippen LogP) is 3.22. The topological polar surface area (TPSA) is 59.6 Å². The van der Waals surface area contributed by atoms with Crippen LogP contribution in [0.1, 0.15) is 19.2 Å². The van der Waals surface area contributed by atoms with Gasteiger partial charge in [-0.05, 0) is 31.5 Å². The van der Waals surface area contributed by atoms with Gasteiger partial charge < -0.3 is 9.47 Å². The first kappa shape index (κ1) is 19.6. The molecular weight excluding hydrogens is 402 g/mol. The molecule has 6 nitrogen and oxygen atoms in total. The summed E-state index contributed by atoms with van der Waals surface area (Å²) in [5, 5.41) is -0.0730. The van der Waals surface area contributed by atoms with E-state index in [4.69, 9.17) is 11.6 Å². The number of hydrogen-bond donors (Lipinski definition) is 0. The van der Waals surface area contributed by atoms with Crippen LogP contribution in [0.4, 0.5) is 8.78 Å². The fraction of sp³-hybridized carbons (Fsp3) is 0.350. The van der Waals surface area contributed by atoms with E-state index in [-0.39, 0.29) is 36.1 Å². The van der Waals surface area contributed by atoms with Crippen molar-refractivity contribution >= 4 is 23.0 Å². The van der Waals surface area contributed by atoms with Crippen molar-refractivity contribution in [1.29, 1.82) is 0 Å². The fourth-order valence-electron chi connectivity index (χ4n) is 3.53. The Kier molecular flexibility index (Phi) is 4.69. The van der Waals surface area contributed by atoms with E-state index in [1.165, 1.54) is 33.9 Å². The minimum absolute atomic E-state index is 0.0461. The molecule has 0 spiro atoms. The lowest BCUT2D eigenvalue weighted by Gasteiger charge is -2.44. The number of carbonyl (C=O) groups is 1. The normalized spacial score (nSPS) is 15.6. The molecule has 1 saturated heterocycles. The molecule has 1 fully saturated rings. The fourth-order valence-corrected chi connectivity index (χ4v) is 3.72. The third kappa shape index (κ3) is 3.31. The van der Waals surface area contributed by atoms with Gasteiger partial charge in [-0.25, -0.2) is 13.8 Å². The molecule has 4 rings (SSSR count). The van der Waals surface area contributed by atoms with Gasteiger partial charge in [0.1, 0.15) is 35.1 Å². The van der Waals surface area contributed by atoms with Gasteiger partial charge in [0.05, 0.1) is 18.1 Å². The lowest BCUT2D eigenvalue weighted by molar-refractivity contribution is -0.146. The minimum Gasteiger partial charge on any atom is -0.335 e. The van der Waals surface area contributed by atoms with Gasteiger partial charge in [0.15, 0.2) is 0 Å². The summed E-state index contributed by atoms with van der Waals surface area (Å²) < 4.78 is 30.5. The molecule has 1 aliphatic heterocycles. The molecule has 1 amide bonds. The van der Waals surface area contributed by atoms with E-state index in [0.29, 0.717) is 23.5 Å². The zero-order chi connectivity index (χ0) is 20.9. The van der Waals surface area contributed by atoms with Crippen molar-refractivity contribution in [2.24, 2.45) is 0 Å². The van der Waals surface area contributed by atoms with E-state index < -0.39 is 17.0 Å². The van der Waals surface area contributed by atoms with Gasteiger partial charge in [0, 0.05) is 18.0 Å². The van der Waals surface area contributed by atoms with E-state index in [2.05, 4.69) is 4.98 Å². The number of benzene rings is 1.